The molecule has 35 heavy (non-hydrogen) atoms. The summed E-state index contributed by atoms with van der Waals surface area (Å²) in [4.78, 5) is 24.3. The number of ether oxygens (including phenoxy) is 4. The van der Waals surface area contributed by atoms with Gasteiger partial charge in [-0.25, -0.2) is 9.59 Å². The maximum Gasteiger partial charge on any atom is 0.338 e. The minimum absolute atomic E-state index is 0.0174. The van der Waals surface area contributed by atoms with Crippen LogP contribution in [-0.4, -0.2) is 91.8 Å². The van der Waals surface area contributed by atoms with Crippen LogP contribution < -0.4 is 0 Å². The number of phenols is 1. The summed E-state index contributed by atoms with van der Waals surface area (Å²) in [7, 11) is 0. The number of carboxylic acid groups (broad SMARTS) is 1. The fourth-order valence-corrected chi connectivity index (χ4v) is 4.91. The molecule has 3 aliphatic rings. The highest BCUT2D eigenvalue weighted by Gasteiger charge is 2.56. The maximum absolute atomic E-state index is 12.7. The van der Waals surface area contributed by atoms with Gasteiger partial charge in [0, 0.05) is 5.92 Å². The molecular weight excluding hydrogens is 468 g/mol. The molecule has 9 atom stereocenters. The fraction of sp³-hybridized carbons (Fsp3) is 0.565. The Labute approximate surface area is 199 Å². The molecule has 1 saturated heterocycles. The van der Waals surface area contributed by atoms with Gasteiger partial charge in [0.1, 0.15) is 24.1 Å². The molecule has 1 aromatic carbocycles. The molecule has 0 radical (unpaired) electrons. The minimum atomic E-state index is -1.72. The third-order valence-electron chi connectivity index (χ3n) is 6.82. The monoisotopic (exact) mass is 496 g/mol. The molecule has 6 N–H and O–H groups in total. The highest BCUT2D eigenvalue weighted by molar-refractivity contribution is 5.89. The number of aliphatic hydroxyl groups is 4. The molecule has 1 aliphatic carbocycles. The Balaban J connectivity index is 1.60. The number of carbonyl (C=O) groups excluding carboxylic acids is 1. The molecule has 4 rings (SSSR count). The van der Waals surface area contributed by atoms with Crippen molar-refractivity contribution in [2.45, 2.75) is 62.4 Å². The van der Waals surface area contributed by atoms with Crippen LogP contribution in [0.25, 0.3) is 0 Å². The predicted octanol–water partition coefficient (Wildman–Crippen LogP) is -0.525. The molecule has 0 aromatic heterocycles. The van der Waals surface area contributed by atoms with Gasteiger partial charge in [-0.1, -0.05) is 0 Å². The van der Waals surface area contributed by atoms with Crippen molar-refractivity contribution < 1.29 is 59.2 Å². The zero-order valence-electron chi connectivity index (χ0n) is 18.8. The standard InChI is InChI=1S/C23H28O12/c1-23(31)7-6-12-13(19(28)29)9-32-21(15(12)23)35-22-18(17(27)16(26)14(8-24)33-22)34-20(30)10-2-4-11(25)5-3-10/h2-5,9,12,14-18,21-22,24-27,31H,6-8H2,1H3,(H,28,29)/t12-,14-,15-,16+,17+,18-,21+,22+,23+/m1/s1. The van der Waals surface area contributed by atoms with Crippen LogP contribution in [0.3, 0.4) is 0 Å². The van der Waals surface area contributed by atoms with E-state index in [1.54, 1.807) is 0 Å². The molecule has 0 unspecified atom stereocenters. The summed E-state index contributed by atoms with van der Waals surface area (Å²) in [6.07, 6.45) is -7.32. The number of esters is 1. The average Bonchev–Trinajstić information content (AvgIpc) is 3.14. The number of hydrogen-bond donors (Lipinski definition) is 6. The maximum atomic E-state index is 12.7. The van der Waals surface area contributed by atoms with Crippen LogP contribution in [0.2, 0.25) is 0 Å². The van der Waals surface area contributed by atoms with Crippen molar-refractivity contribution in [3.8, 4) is 5.75 Å². The number of aromatic hydroxyl groups is 1. The lowest BCUT2D eigenvalue weighted by Crippen LogP contribution is -2.62. The summed E-state index contributed by atoms with van der Waals surface area (Å²) >= 11 is 0. The van der Waals surface area contributed by atoms with Gasteiger partial charge in [0.15, 0.2) is 6.10 Å². The van der Waals surface area contributed by atoms with Crippen molar-refractivity contribution >= 4 is 11.9 Å². The zero-order chi connectivity index (χ0) is 25.5. The number of hydrogen-bond acceptors (Lipinski definition) is 11. The Morgan fingerprint density at radius 1 is 1.14 bits per heavy atom. The molecule has 0 bridgehead atoms. The van der Waals surface area contributed by atoms with E-state index < -0.39 is 73.0 Å². The van der Waals surface area contributed by atoms with Crippen LogP contribution in [0.15, 0.2) is 36.1 Å². The lowest BCUT2D eigenvalue weighted by molar-refractivity contribution is -0.345. The average molecular weight is 496 g/mol. The van der Waals surface area contributed by atoms with E-state index in [9.17, 15) is 40.2 Å². The van der Waals surface area contributed by atoms with Crippen molar-refractivity contribution in [3.63, 3.8) is 0 Å². The number of fused-ring (bicyclic) bond motifs is 1. The lowest BCUT2D eigenvalue weighted by Gasteiger charge is -2.45. The third kappa shape index (κ3) is 4.85. The van der Waals surface area contributed by atoms with Crippen LogP contribution >= 0.6 is 0 Å². The Kier molecular flexibility index (Phi) is 7.04. The largest absolute Gasteiger partial charge is 0.508 e. The summed E-state index contributed by atoms with van der Waals surface area (Å²) in [5, 5.41) is 60.4. The quantitative estimate of drug-likeness (QED) is 0.276. The van der Waals surface area contributed by atoms with Crippen LogP contribution in [0.1, 0.15) is 30.1 Å². The summed E-state index contributed by atoms with van der Waals surface area (Å²) in [6.45, 7) is 0.844. The first-order valence-electron chi connectivity index (χ1n) is 11.1. The van der Waals surface area contributed by atoms with Crippen molar-refractivity contribution in [1.29, 1.82) is 0 Å². The molecule has 2 heterocycles. The number of aliphatic hydroxyl groups excluding tert-OH is 3. The SMILES string of the molecule is C[C@]1(O)CC[C@@H]2C(C(=O)O)=CO[C@@H](O[C@@H]3O[C@H](CO)[C@H](O)[C@H](O)[C@H]3OC(=O)c3ccc(O)cc3)[C@@H]21. The molecular formula is C23H28O12. The molecule has 12 heteroatoms. The zero-order valence-corrected chi connectivity index (χ0v) is 18.8. The second-order valence-electron chi connectivity index (χ2n) is 9.17. The highest BCUT2D eigenvalue weighted by atomic mass is 16.8. The van der Waals surface area contributed by atoms with Gasteiger partial charge in [0.2, 0.25) is 12.6 Å². The number of carboxylic acids is 1. The van der Waals surface area contributed by atoms with Gasteiger partial charge in [-0.15, -0.1) is 0 Å². The Morgan fingerprint density at radius 3 is 2.46 bits per heavy atom. The van der Waals surface area contributed by atoms with E-state index in [2.05, 4.69) is 0 Å². The summed E-state index contributed by atoms with van der Waals surface area (Å²) < 4.78 is 22.4. The summed E-state index contributed by atoms with van der Waals surface area (Å²) in [5.74, 6) is -3.60. The first-order valence-corrected chi connectivity index (χ1v) is 11.1. The van der Waals surface area contributed by atoms with E-state index >= 15 is 0 Å². The van der Waals surface area contributed by atoms with Crippen molar-refractivity contribution in [1.82, 2.24) is 0 Å². The molecule has 1 saturated carbocycles. The molecule has 0 amide bonds. The van der Waals surface area contributed by atoms with Gasteiger partial charge in [-0.3, -0.25) is 0 Å². The normalized spacial score (nSPS) is 38.7. The number of benzene rings is 1. The minimum Gasteiger partial charge on any atom is -0.508 e. The second-order valence-corrected chi connectivity index (χ2v) is 9.17. The molecule has 2 aliphatic heterocycles. The number of rotatable bonds is 6. The van der Waals surface area contributed by atoms with E-state index in [4.69, 9.17) is 18.9 Å². The van der Waals surface area contributed by atoms with Crippen LogP contribution in [-0.2, 0) is 23.7 Å². The van der Waals surface area contributed by atoms with Crippen molar-refractivity contribution in [2.75, 3.05) is 6.61 Å². The number of aliphatic carboxylic acids is 1. The molecule has 1 aromatic rings. The highest BCUT2D eigenvalue weighted by Crippen LogP contribution is 2.49. The van der Waals surface area contributed by atoms with E-state index in [-0.39, 0.29) is 23.3 Å². The van der Waals surface area contributed by atoms with Crippen LogP contribution in [0, 0.1) is 11.8 Å². The molecule has 2 fully saturated rings. The van der Waals surface area contributed by atoms with Crippen LogP contribution in [0.5, 0.6) is 5.75 Å². The van der Waals surface area contributed by atoms with Gasteiger partial charge in [0.25, 0.3) is 0 Å². The van der Waals surface area contributed by atoms with Gasteiger partial charge in [0.05, 0.1) is 35.5 Å². The molecule has 192 valence electrons. The smallest absolute Gasteiger partial charge is 0.338 e. The van der Waals surface area contributed by atoms with Crippen molar-refractivity contribution in [3.05, 3.63) is 41.7 Å². The van der Waals surface area contributed by atoms with E-state index in [1.165, 1.54) is 31.2 Å². The van der Waals surface area contributed by atoms with Gasteiger partial charge in [-0.2, -0.15) is 0 Å². The van der Waals surface area contributed by atoms with Gasteiger partial charge in [-0.05, 0) is 44.0 Å². The summed E-state index contributed by atoms with van der Waals surface area (Å²) in [6, 6.07) is 5.11. The number of phenolic OH excluding ortho intramolecular Hbond substituents is 1. The summed E-state index contributed by atoms with van der Waals surface area (Å²) in [5.41, 5.74) is -1.34. The Morgan fingerprint density at radius 2 is 1.83 bits per heavy atom. The topological polar surface area (TPSA) is 192 Å². The van der Waals surface area contributed by atoms with E-state index in [0.29, 0.717) is 6.42 Å². The van der Waals surface area contributed by atoms with E-state index in [1.807, 2.05) is 0 Å². The van der Waals surface area contributed by atoms with Crippen molar-refractivity contribution in [2.24, 2.45) is 11.8 Å². The Hall–Kier alpha value is -2.74. The third-order valence-corrected chi connectivity index (χ3v) is 6.82. The fourth-order valence-electron chi connectivity index (χ4n) is 4.91. The van der Waals surface area contributed by atoms with Gasteiger partial charge < -0.3 is 49.6 Å². The van der Waals surface area contributed by atoms with E-state index in [0.717, 1.165) is 6.26 Å². The molecule has 12 nitrogen and oxygen atoms in total. The number of carbonyl (C=O) groups is 2. The lowest BCUT2D eigenvalue weighted by atomic mass is 9.81. The van der Waals surface area contributed by atoms with Crippen LogP contribution in [0.4, 0.5) is 0 Å². The first kappa shape index (κ1) is 25.4. The molecule has 0 spiro atoms. The first-order chi connectivity index (χ1) is 16.5. The Bertz CT molecular complexity index is 973. The van der Waals surface area contributed by atoms with Gasteiger partial charge >= 0.3 is 11.9 Å². The predicted molar refractivity (Wildman–Crippen MR) is 114 cm³/mol. The second kappa shape index (κ2) is 9.72.